The highest BCUT2D eigenvalue weighted by atomic mass is 32.2. The number of anilines is 1. The van der Waals surface area contributed by atoms with Gasteiger partial charge in [0.15, 0.2) is 0 Å². The van der Waals surface area contributed by atoms with Crippen LogP contribution in [0.1, 0.15) is 5.56 Å². The monoisotopic (exact) mass is 460 g/mol. The van der Waals surface area contributed by atoms with Crippen molar-refractivity contribution in [2.24, 2.45) is 0 Å². The zero-order chi connectivity index (χ0) is 23.3. The van der Waals surface area contributed by atoms with Gasteiger partial charge in [0.2, 0.25) is 11.8 Å². The van der Waals surface area contributed by atoms with Crippen LogP contribution in [0.5, 0.6) is 11.6 Å². The Hall–Kier alpha value is -3.75. The summed E-state index contributed by atoms with van der Waals surface area (Å²) in [5.41, 5.74) is 2.51. The summed E-state index contributed by atoms with van der Waals surface area (Å²) in [5.74, 6) is 0.745. The van der Waals surface area contributed by atoms with Crippen LogP contribution in [0.3, 0.4) is 0 Å². The van der Waals surface area contributed by atoms with Crippen molar-refractivity contribution in [1.82, 2.24) is 14.9 Å². The maximum atomic E-state index is 12.8. The quantitative estimate of drug-likeness (QED) is 0.407. The topological polar surface area (TPSA) is 84.4 Å². The van der Waals surface area contributed by atoms with Crippen LogP contribution >= 0.6 is 0 Å². The van der Waals surface area contributed by atoms with E-state index in [1.165, 1.54) is 12.1 Å². The molecule has 0 aliphatic carbocycles. The van der Waals surface area contributed by atoms with Crippen LogP contribution in [0, 0.1) is 0 Å². The van der Waals surface area contributed by atoms with Gasteiger partial charge >= 0.3 is 0 Å². The van der Waals surface area contributed by atoms with E-state index in [0.717, 1.165) is 17.7 Å². The summed E-state index contributed by atoms with van der Waals surface area (Å²) >= 11 is 0. The average molecular weight is 461 g/mol. The first kappa shape index (κ1) is 22.4. The Morgan fingerprint density at radius 3 is 2.12 bits per heavy atom. The van der Waals surface area contributed by atoms with Gasteiger partial charge in [-0.05, 0) is 43.9 Å². The minimum atomic E-state index is -3.86. The van der Waals surface area contributed by atoms with E-state index in [1.807, 2.05) is 56.6 Å². The van der Waals surface area contributed by atoms with E-state index in [9.17, 15) is 8.42 Å². The van der Waals surface area contributed by atoms with Crippen molar-refractivity contribution in [1.29, 1.82) is 0 Å². The predicted molar refractivity (Wildman–Crippen MR) is 129 cm³/mol. The maximum absolute atomic E-state index is 12.8. The molecular weight excluding hydrogens is 436 g/mol. The first-order valence-corrected chi connectivity index (χ1v) is 11.8. The number of aromatic nitrogens is 2. The van der Waals surface area contributed by atoms with Gasteiger partial charge in [0, 0.05) is 18.2 Å². The lowest BCUT2D eigenvalue weighted by atomic mass is 10.1. The number of benzene rings is 3. The molecule has 0 atom stereocenters. The number of nitrogens with zero attached hydrogens (tertiary/aromatic N) is 3. The molecule has 8 heteroatoms. The summed E-state index contributed by atoms with van der Waals surface area (Å²) in [7, 11) is 0.163. The number of para-hydroxylation sites is 1. The second-order valence-electron chi connectivity index (χ2n) is 7.68. The van der Waals surface area contributed by atoms with Crippen LogP contribution in [0.2, 0.25) is 0 Å². The highest BCUT2D eigenvalue weighted by Gasteiger charge is 2.17. The SMILES string of the molecule is CN(C)Cc1ccc(-c2cc(Oc3ccccc3)nc(NS(=O)(=O)c3ccccc3)n2)cc1. The lowest BCUT2D eigenvalue weighted by Gasteiger charge is -2.12. The third-order valence-corrected chi connectivity index (χ3v) is 6.04. The van der Waals surface area contributed by atoms with Crippen molar-refractivity contribution >= 4 is 16.0 Å². The molecular formula is C25H24N4O3S. The molecule has 4 aromatic rings. The molecule has 0 aliphatic heterocycles. The first-order valence-electron chi connectivity index (χ1n) is 10.3. The normalized spacial score (nSPS) is 11.4. The number of sulfonamides is 1. The first-order chi connectivity index (χ1) is 15.9. The summed E-state index contributed by atoms with van der Waals surface area (Å²) in [6.07, 6.45) is 0. The van der Waals surface area contributed by atoms with Gasteiger partial charge in [-0.15, -0.1) is 0 Å². The fourth-order valence-electron chi connectivity index (χ4n) is 3.20. The van der Waals surface area contributed by atoms with Gasteiger partial charge in [-0.1, -0.05) is 60.7 Å². The Bertz CT molecular complexity index is 1310. The van der Waals surface area contributed by atoms with E-state index in [-0.39, 0.29) is 16.7 Å². The smallest absolute Gasteiger partial charge is 0.264 e. The minimum absolute atomic E-state index is 0.0698. The average Bonchev–Trinajstić information content (AvgIpc) is 2.80. The van der Waals surface area contributed by atoms with Crippen LogP contribution < -0.4 is 9.46 Å². The molecule has 0 amide bonds. The van der Waals surface area contributed by atoms with E-state index in [2.05, 4.69) is 19.6 Å². The van der Waals surface area contributed by atoms with Crippen LogP contribution in [-0.4, -0.2) is 37.4 Å². The maximum Gasteiger partial charge on any atom is 0.264 e. The molecule has 4 rings (SSSR count). The summed E-state index contributed by atoms with van der Waals surface area (Å²) in [5, 5.41) is 0. The fraction of sp³-hybridized carbons (Fsp3) is 0.120. The van der Waals surface area contributed by atoms with Crippen LogP contribution in [0.4, 0.5) is 5.95 Å². The zero-order valence-electron chi connectivity index (χ0n) is 18.3. The molecule has 3 aromatic carbocycles. The Kier molecular flexibility index (Phi) is 6.67. The van der Waals surface area contributed by atoms with Gasteiger partial charge < -0.3 is 9.64 Å². The minimum Gasteiger partial charge on any atom is -0.439 e. The van der Waals surface area contributed by atoms with Gasteiger partial charge in [-0.2, -0.15) is 4.98 Å². The van der Waals surface area contributed by atoms with Crippen LogP contribution in [-0.2, 0) is 16.6 Å². The molecule has 1 aromatic heterocycles. The van der Waals surface area contributed by atoms with Crippen molar-refractivity contribution in [3.8, 4) is 22.9 Å². The zero-order valence-corrected chi connectivity index (χ0v) is 19.2. The van der Waals surface area contributed by atoms with Crippen LogP contribution in [0.15, 0.2) is 95.9 Å². The predicted octanol–water partition coefficient (Wildman–Crippen LogP) is 4.80. The van der Waals surface area contributed by atoms with Gasteiger partial charge in [-0.25, -0.2) is 18.1 Å². The molecule has 0 saturated carbocycles. The lowest BCUT2D eigenvalue weighted by molar-refractivity contribution is 0.402. The fourth-order valence-corrected chi connectivity index (χ4v) is 4.17. The lowest BCUT2D eigenvalue weighted by Crippen LogP contribution is -2.15. The third kappa shape index (κ3) is 5.94. The number of nitrogens with one attached hydrogen (secondary N) is 1. The number of ether oxygens (including phenoxy) is 1. The molecule has 0 saturated heterocycles. The van der Waals surface area contributed by atoms with Crippen LogP contribution in [0.25, 0.3) is 11.3 Å². The van der Waals surface area contributed by atoms with Gasteiger partial charge in [0.25, 0.3) is 10.0 Å². The summed E-state index contributed by atoms with van der Waals surface area (Å²) in [6, 6.07) is 26.9. The van der Waals surface area contributed by atoms with Crippen molar-refractivity contribution in [3.63, 3.8) is 0 Å². The second-order valence-corrected chi connectivity index (χ2v) is 9.37. The number of hydrogen-bond donors (Lipinski definition) is 1. The van der Waals surface area contributed by atoms with E-state index >= 15 is 0 Å². The van der Waals surface area contributed by atoms with Gasteiger partial charge in [-0.3, -0.25) is 0 Å². The third-order valence-electron chi connectivity index (χ3n) is 4.70. The van der Waals surface area contributed by atoms with Crippen molar-refractivity contribution < 1.29 is 13.2 Å². The number of hydrogen-bond acceptors (Lipinski definition) is 6. The molecule has 0 radical (unpaired) electrons. The highest BCUT2D eigenvalue weighted by Crippen LogP contribution is 2.27. The Morgan fingerprint density at radius 1 is 0.848 bits per heavy atom. The second kappa shape index (κ2) is 9.81. The largest absolute Gasteiger partial charge is 0.439 e. The molecule has 0 bridgehead atoms. The van der Waals surface area contributed by atoms with E-state index in [1.54, 1.807) is 36.4 Å². The van der Waals surface area contributed by atoms with Crippen molar-refractivity contribution in [3.05, 3.63) is 96.6 Å². The molecule has 0 spiro atoms. The molecule has 0 unspecified atom stereocenters. The molecule has 0 fully saturated rings. The molecule has 7 nitrogen and oxygen atoms in total. The molecule has 0 aliphatic rings. The summed E-state index contributed by atoms with van der Waals surface area (Å²) in [4.78, 5) is 11.0. The Morgan fingerprint density at radius 2 is 1.48 bits per heavy atom. The van der Waals surface area contributed by atoms with Crippen molar-refractivity contribution in [2.45, 2.75) is 11.4 Å². The van der Waals surface area contributed by atoms with Gasteiger partial charge in [0.05, 0.1) is 10.6 Å². The highest BCUT2D eigenvalue weighted by molar-refractivity contribution is 7.92. The standard InChI is InChI=1S/C25H24N4O3S/c1-29(2)18-19-13-15-20(16-14-19)23-17-24(32-21-9-5-3-6-10-21)27-25(26-23)28-33(30,31)22-11-7-4-8-12-22/h3-17H,18H2,1-2H3,(H,26,27,28). The van der Waals surface area contributed by atoms with Crippen molar-refractivity contribution in [2.75, 3.05) is 18.8 Å². The summed E-state index contributed by atoms with van der Waals surface area (Å²) < 4.78 is 34.0. The van der Waals surface area contributed by atoms with E-state index < -0.39 is 10.0 Å². The number of rotatable bonds is 8. The molecule has 168 valence electrons. The summed E-state index contributed by atoms with van der Waals surface area (Å²) in [6.45, 7) is 0.814. The van der Waals surface area contributed by atoms with Gasteiger partial charge in [0.1, 0.15) is 5.75 Å². The molecule has 1 N–H and O–H groups in total. The Labute approximate surface area is 193 Å². The Balaban J connectivity index is 1.70. The molecule has 33 heavy (non-hydrogen) atoms. The van der Waals surface area contributed by atoms with E-state index in [4.69, 9.17) is 4.74 Å². The van der Waals surface area contributed by atoms with E-state index in [0.29, 0.717) is 11.4 Å². The molecule has 1 heterocycles.